The molecule has 6 nitrogen and oxygen atoms in total. The largest absolute Gasteiger partial charge is 0.355 e. The first-order valence-corrected chi connectivity index (χ1v) is 11.3. The Bertz CT molecular complexity index is 867. The predicted molar refractivity (Wildman–Crippen MR) is 117 cm³/mol. The molecule has 2 aromatic rings. The topological polar surface area (TPSA) is 73.8 Å². The summed E-state index contributed by atoms with van der Waals surface area (Å²) in [6, 6.07) is 17.2. The van der Waals surface area contributed by atoms with E-state index in [1.807, 2.05) is 42.1 Å². The van der Waals surface area contributed by atoms with Gasteiger partial charge in [0.2, 0.25) is 10.0 Å². The maximum absolute atomic E-state index is 12.1. The third-order valence-electron chi connectivity index (χ3n) is 4.02. The van der Waals surface area contributed by atoms with Crippen molar-refractivity contribution in [2.24, 2.45) is 4.99 Å². The number of aliphatic imine (C=N–C) groups is 1. The van der Waals surface area contributed by atoms with E-state index in [1.165, 1.54) is 23.3 Å². The molecule has 2 aromatic carbocycles. The zero-order chi connectivity index (χ0) is 20.6. The highest BCUT2D eigenvalue weighted by Crippen LogP contribution is 2.21. The van der Waals surface area contributed by atoms with Crippen molar-refractivity contribution in [1.82, 2.24) is 14.9 Å². The summed E-state index contributed by atoms with van der Waals surface area (Å²) in [5, 5.41) is 6.97. The average Bonchev–Trinajstić information content (AvgIpc) is 2.69. The Morgan fingerprint density at radius 2 is 1.71 bits per heavy atom. The molecule has 0 fully saturated rings. The van der Waals surface area contributed by atoms with E-state index in [0.717, 1.165) is 12.1 Å². The van der Waals surface area contributed by atoms with Crippen LogP contribution in [0.4, 0.5) is 0 Å². The van der Waals surface area contributed by atoms with Gasteiger partial charge < -0.3 is 10.6 Å². The number of nitrogens with zero attached hydrogens (tertiary/aromatic N) is 2. The first-order valence-electron chi connectivity index (χ1n) is 9.00. The Morgan fingerprint density at radius 3 is 2.29 bits per heavy atom. The number of sulfonamides is 1. The summed E-state index contributed by atoms with van der Waals surface area (Å²) >= 11 is 1.81. The fourth-order valence-electron chi connectivity index (χ4n) is 2.41. The van der Waals surface area contributed by atoms with Gasteiger partial charge in [0.25, 0.3) is 0 Å². The van der Waals surface area contributed by atoms with Crippen molar-refractivity contribution in [1.29, 1.82) is 0 Å². The van der Waals surface area contributed by atoms with Crippen LogP contribution in [0.5, 0.6) is 0 Å². The van der Waals surface area contributed by atoms with E-state index in [-0.39, 0.29) is 4.90 Å². The Hall–Kier alpha value is -2.03. The van der Waals surface area contributed by atoms with E-state index < -0.39 is 10.0 Å². The number of rotatable bonds is 8. The fraction of sp³-hybridized carbons (Fsp3) is 0.350. The van der Waals surface area contributed by atoms with Crippen molar-refractivity contribution in [2.75, 3.05) is 27.7 Å². The lowest BCUT2D eigenvalue weighted by atomic mass is 10.2. The van der Waals surface area contributed by atoms with Gasteiger partial charge in [0.05, 0.1) is 4.90 Å². The van der Waals surface area contributed by atoms with Crippen molar-refractivity contribution in [3.63, 3.8) is 0 Å². The van der Waals surface area contributed by atoms with E-state index in [0.29, 0.717) is 17.8 Å². The minimum atomic E-state index is -3.40. The van der Waals surface area contributed by atoms with Crippen LogP contribution in [0.25, 0.3) is 0 Å². The predicted octanol–water partition coefficient (Wildman–Crippen LogP) is 2.78. The first-order chi connectivity index (χ1) is 13.3. The van der Waals surface area contributed by atoms with Crippen LogP contribution in [-0.2, 0) is 16.6 Å². The lowest BCUT2D eigenvalue weighted by Crippen LogP contribution is -2.39. The van der Waals surface area contributed by atoms with Crippen molar-refractivity contribution in [3.8, 4) is 0 Å². The molecular weight excluding hydrogens is 392 g/mol. The van der Waals surface area contributed by atoms with Crippen LogP contribution in [-0.4, -0.2) is 51.6 Å². The lowest BCUT2D eigenvalue weighted by Gasteiger charge is -2.16. The molecule has 0 aliphatic heterocycles. The zero-order valence-electron chi connectivity index (χ0n) is 16.7. The van der Waals surface area contributed by atoms with Crippen molar-refractivity contribution < 1.29 is 8.42 Å². The second-order valence-electron chi connectivity index (χ2n) is 6.48. The highest BCUT2D eigenvalue weighted by Gasteiger charge is 2.16. The fourth-order valence-corrected chi connectivity index (χ4v) is 4.26. The molecule has 1 unspecified atom stereocenters. The summed E-state index contributed by atoms with van der Waals surface area (Å²) in [6.07, 6.45) is 0. The van der Waals surface area contributed by atoms with E-state index in [2.05, 4.69) is 34.7 Å². The maximum Gasteiger partial charge on any atom is 0.242 e. The quantitative estimate of drug-likeness (QED) is 0.390. The summed E-state index contributed by atoms with van der Waals surface area (Å²) in [5.41, 5.74) is 0.979. The molecule has 0 aliphatic carbocycles. The molecule has 8 heteroatoms. The van der Waals surface area contributed by atoms with Gasteiger partial charge in [-0.3, -0.25) is 4.99 Å². The molecule has 28 heavy (non-hydrogen) atoms. The Labute approximate surface area is 172 Å². The van der Waals surface area contributed by atoms with Gasteiger partial charge in [-0.2, -0.15) is 0 Å². The normalized spacial score (nSPS) is 13.4. The van der Waals surface area contributed by atoms with E-state index in [4.69, 9.17) is 0 Å². The number of hydrogen-bond donors (Lipinski definition) is 2. The molecule has 0 spiro atoms. The van der Waals surface area contributed by atoms with Gasteiger partial charge >= 0.3 is 0 Å². The van der Waals surface area contributed by atoms with Crippen LogP contribution >= 0.6 is 11.8 Å². The smallest absolute Gasteiger partial charge is 0.242 e. The molecule has 0 bridgehead atoms. The SMILES string of the molecule is CN=C(NCc1ccc(S(=O)(=O)N(C)C)cc1)NCC(C)Sc1ccccc1. The molecule has 1 atom stereocenters. The highest BCUT2D eigenvalue weighted by molar-refractivity contribution is 8.00. The van der Waals surface area contributed by atoms with Gasteiger partial charge in [-0.1, -0.05) is 37.3 Å². The Balaban J connectivity index is 1.83. The molecule has 0 aliphatic rings. The van der Waals surface area contributed by atoms with Crippen molar-refractivity contribution in [2.45, 2.75) is 28.5 Å². The zero-order valence-corrected chi connectivity index (χ0v) is 18.3. The molecule has 0 saturated heterocycles. The number of nitrogens with one attached hydrogen (secondary N) is 2. The standard InChI is InChI=1S/C20H28N4O2S2/c1-16(27-18-8-6-5-7-9-18)14-22-20(21-2)23-15-17-10-12-19(13-11-17)28(25,26)24(3)4/h5-13,16H,14-15H2,1-4H3,(H2,21,22,23). The summed E-state index contributed by atoms with van der Waals surface area (Å²) in [4.78, 5) is 5.78. The first kappa shape index (κ1) is 22.3. The molecule has 2 N–H and O–H groups in total. The summed E-state index contributed by atoms with van der Waals surface area (Å²) in [7, 11) is 1.38. The van der Waals surface area contributed by atoms with Crippen LogP contribution in [0.2, 0.25) is 0 Å². The van der Waals surface area contributed by atoms with Crippen LogP contribution in [0.3, 0.4) is 0 Å². The molecule has 0 amide bonds. The van der Waals surface area contributed by atoms with E-state index in [1.54, 1.807) is 19.2 Å². The van der Waals surface area contributed by atoms with Gasteiger partial charge in [-0.25, -0.2) is 12.7 Å². The third-order valence-corrected chi connectivity index (χ3v) is 6.97. The number of benzene rings is 2. The van der Waals surface area contributed by atoms with Gasteiger partial charge in [0, 0.05) is 44.4 Å². The maximum atomic E-state index is 12.1. The van der Waals surface area contributed by atoms with Crippen LogP contribution < -0.4 is 10.6 Å². The highest BCUT2D eigenvalue weighted by atomic mass is 32.2. The van der Waals surface area contributed by atoms with Crippen LogP contribution in [0, 0.1) is 0 Å². The summed E-state index contributed by atoms with van der Waals surface area (Å²) in [5.74, 6) is 0.713. The minimum Gasteiger partial charge on any atom is -0.355 e. The summed E-state index contributed by atoms with van der Waals surface area (Å²) < 4.78 is 25.4. The summed E-state index contributed by atoms with van der Waals surface area (Å²) in [6.45, 7) is 3.50. The van der Waals surface area contributed by atoms with Crippen molar-refractivity contribution >= 4 is 27.7 Å². The molecule has 0 aromatic heterocycles. The molecule has 0 radical (unpaired) electrons. The lowest BCUT2D eigenvalue weighted by molar-refractivity contribution is 0.520. The van der Waals surface area contributed by atoms with Gasteiger partial charge in [-0.15, -0.1) is 11.8 Å². The molecule has 0 saturated carbocycles. The second-order valence-corrected chi connectivity index (χ2v) is 10.1. The monoisotopic (exact) mass is 420 g/mol. The molecule has 2 rings (SSSR count). The Kier molecular flexibility index (Phi) is 8.35. The van der Waals surface area contributed by atoms with E-state index in [9.17, 15) is 8.42 Å². The number of guanidine groups is 1. The van der Waals surface area contributed by atoms with Gasteiger partial charge in [0.1, 0.15) is 0 Å². The second kappa shape index (κ2) is 10.5. The third kappa shape index (κ3) is 6.54. The number of thioether (sulfide) groups is 1. The van der Waals surface area contributed by atoms with Crippen LogP contribution in [0.1, 0.15) is 12.5 Å². The Morgan fingerprint density at radius 1 is 1.07 bits per heavy atom. The average molecular weight is 421 g/mol. The molecule has 152 valence electrons. The van der Waals surface area contributed by atoms with Gasteiger partial charge in [-0.05, 0) is 29.8 Å². The molecular formula is C20H28N4O2S2. The van der Waals surface area contributed by atoms with E-state index >= 15 is 0 Å². The molecule has 0 heterocycles. The van der Waals surface area contributed by atoms with Crippen molar-refractivity contribution in [3.05, 3.63) is 60.2 Å². The van der Waals surface area contributed by atoms with Gasteiger partial charge in [0.15, 0.2) is 5.96 Å². The minimum absolute atomic E-state index is 0.288. The van der Waals surface area contributed by atoms with Crippen LogP contribution in [0.15, 0.2) is 69.4 Å². The number of hydrogen-bond acceptors (Lipinski definition) is 4.